The van der Waals surface area contributed by atoms with Crippen LogP contribution in [0, 0.1) is 3.57 Å². The summed E-state index contributed by atoms with van der Waals surface area (Å²) in [5.74, 6) is 0. The van der Waals surface area contributed by atoms with Gasteiger partial charge in [-0.25, -0.2) is 0 Å². The molecule has 0 saturated carbocycles. The Morgan fingerprint density at radius 3 is 2.58 bits per heavy atom. The van der Waals surface area contributed by atoms with Crippen LogP contribution in [0.15, 0.2) is 42.7 Å². The van der Waals surface area contributed by atoms with Gasteiger partial charge in [0.05, 0.1) is 0 Å². The van der Waals surface area contributed by atoms with Gasteiger partial charge in [-0.3, -0.25) is 0 Å². The highest BCUT2D eigenvalue weighted by Gasteiger charge is 2.00. The third kappa shape index (κ3) is 1.39. The van der Waals surface area contributed by atoms with Crippen molar-refractivity contribution >= 4 is 22.6 Å². The fraction of sp³-hybridized carbons (Fsp3) is 0. The Morgan fingerprint density at radius 2 is 1.92 bits per heavy atom. The first-order valence-electron chi connectivity index (χ1n) is 3.75. The van der Waals surface area contributed by atoms with Crippen molar-refractivity contribution in [2.45, 2.75) is 0 Å². The van der Waals surface area contributed by atoms with E-state index < -0.39 is 0 Å². The van der Waals surface area contributed by atoms with Crippen LogP contribution < -0.4 is 0 Å². The van der Waals surface area contributed by atoms with Gasteiger partial charge in [0.25, 0.3) is 0 Å². The summed E-state index contributed by atoms with van der Waals surface area (Å²) in [6.45, 7) is 0. The average molecular weight is 269 g/mol. The number of hydrogen-bond donors (Lipinski definition) is 1. The Bertz CT molecular complexity index is 365. The van der Waals surface area contributed by atoms with Gasteiger partial charge < -0.3 is 4.98 Å². The molecule has 0 unspecified atom stereocenters. The Hall–Kier alpha value is -0.770. The van der Waals surface area contributed by atoms with Crippen molar-refractivity contribution in [3.8, 4) is 11.1 Å². The monoisotopic (exact) mass is 269 g/mol. The van der Waals surface area contributed by atoms with Crippen LogP contribution in [0.1, 0.15) is 0 Å². The number of H-pyrrole nitrogens is 1. The first-order valence-corrected chi connectivity index (χ1v) is 4.83. The standard InChI is InChI=1S/C10H8IN/c11-10-4-2-1-3-9(10)8-5-6-12-7-8/h1-7,12H. The summed E-state index contributed by atoms with van der Waals surface area (Å²) in [7, 11) is 0. The van der Waals surface area contributed by atoms with E-state index in [-0.39, 0.29) is 0 Å². The van der Waals surface area contributed by atoms with Gasteiger partial charge >= 0.3 is 0 Å². The number of nitrogens with one attached hydrogen (secondary N) is 1. The summed E-state index contributed by atoms with van der Waals surface area (Å²) >= 11 is 2.35. The van der Waals surface area contributed by atoms with E-state index in [1.54, 1.807) is 0 Å². The zero-order valence-electron chi connectivity index (χ0n) is 6.42. The van der Waals surface area contributed by atoms with E-state index in [4.69, 9.17) is 0 Å². The van der Waals surface area contributed by atoms with Crippen molar-refractivity contribution in [3.05, 3.63) is 46.3 Å². The number of hydrogen-bond acceptors (Lipinski definition) is 0. The van der Waals surface area contributed by atoms with Crippen LogP contribution in [0.25, 0.3) is 11.1 Å². The van der Waals surface area contributed by atoms with E-state index in [0.717, 1.165) is 0 Å². The first-order chi connectivity index (χ1) is 5.88. The molecule has 1 aromatic heterocycles. The SMILES string of the molecule is Ic1ccccc1-c1cc[nH]c1. The summed E-state index contributed by atoms with van der Waals surface area (Å²) in [4.78, 5) is 3.05. The molecule has 0 saturated heterocycles. The summed E-state index contributed by atoms with van der Waals surface area (Å²) in [6.07, 6.45) is 3.95. The van der Waals surface area contributed by atoms with Crippen molar-refractivity contribution in [1.29, 1.82) is 0 Å². The Kier molecular flexibility index (Phi) is 2.17. The lowest BCUT2D eigenvalue weighted by Gasteiger charge is -1.99. The number of benzene rings is 1. The molecular formula is C10H8IN. The van der Waals surface area contributed by atoms with Crippen LogP contribution >= 0.6 is 22.6 Å². The summed E-state index contributed by atoms with van der Waals surface area (Å²) < 4.78 is 1.29. The number of aromatic nitrogens is 1. The topological polar surface area (TPSA) is 15.8 Å². The normalized spacial score (nSPS) is 10.1. The molecule has 0 bridgehead atoms. The molecule has 0 aliphatic rings. The molecule has 1 aromatic carbocycles. The summed E-state index contributed by atoms with van der Waals surface area (Å²) in [6, 6.07) is 10.4. The van der Waals surface area contributed by atoms with Gasteiger partial charge in [0, 0.05) is 21.5 Å². The van der Waals surface area contributed by atoms with Crippen LogP contribution in [-0.2, 0) is 0 Å². The Morgan fingerprint density at radius 1 is 1.08 bits per heavy atom. The minimum Gasteiger partial charge on any atom is -0.367 e. The molecule has 1 heterocycles. The van der Waals surface area contributed by atoms with Gasteiger partial charge in [-0.1, -0.05) is 18.2 Å². The van der Waals surface area contributed by atoms with Crippen LogP contribution in [-0.4, -0.2) is 4.98 Å². The summed E-state index contributed by atoms with van der Waals surface area (Å²) in [5.41, 5.74) is 2.54. The molecule has 12 heavy (non-hydrogen) atoms. The molecule has 0 aliphatic carbocycles. The minimum absolute atomic E-state index is 1.25. The molecule has 60 valence electrons. The average Bonchev–Trinajstić information content (AvgIpc) is 2.57. The lowest BCUT2D eigenvalue weighted by molar-refractivity contribution is 1.41. The highest BCUT2D eigenvalue weighted by molar-refractivity contribution is 14.1. The molecule has 2 aromatic rings. The zero-order chi connectivity index (χ0) is 8.39. The van der Waals surface area contributed by atoms with E-state index in [2.05, 4.69) is 57.9 Å². The fourth-order valence-electron chi connectivity index (χ4n) is 1.19. The molecule has 1 N–H and O–H groups in total. The Balaban J connectivity index is 2.55. The van der Waals surface area contributed by atoms with E-state index in [1.807, 2.05) is 12.4 Å². The molecule has 0 amide bonds. The van der Waals surface area contributed by atoms with Gasteiger partial charge in [-0.2, -0.15) is 0 Å². The smallest absolute Gasteiger partial charge is 0.0209 e. The van der Waals surface area contributed by atoms with Gasteiger partial charge in [0.2, 0.25) is 0 Å². The molecule has 0 radical (unpaired) electrons. The highest BCUT2D eigenvalue weighted by atomic mass is 127. The van der Waals surface area contributed by atoms with Crippen molar-refractivity contribution < 1.29 is 0 Å². The van der Waals surface area contributed by atoms with E-state index >= 15 is 0 Å². The number of halogens is 1. The molecule has 2 rings (SSSR count). The predicted octanol–water partition coefficient (Wildman–Crippen LogP) is 3.29. The molecule has 0 aliphatic heterocycles. The predicted molar refractivity (Wildman–Crippen MR) is 58.9 cm³/mol. The van der Waals surface area contributed by atoms with Crippen LogP contribution in [0.3, 0.4) is 0 Å². The van der Waals surface area contributed by atoms with Crippen molar-refractivity contribution in [2.24, 2.45) is 0 Å². The van der Waals surface area contributed by atoms with Gasteiger partial charge in [0.1, 0.15) is 0 Å². The number of aromatic amines is 1. The lowest BCUT2D eigenvalue weighted by atomic mass is 10.1. The second-order valence-electron chi connectivity index (χ2n) is 2.58. The Labute approximate surface area is 85.0 Å². The molecule has 0 atom stereocenters. The second kappa shape index (κ2) is 3.31. The zero-order valence-corrected chi connectivity index (χ0v) is 8.58. The molecule has 0 fully saturated rings. The quantitative estimate of drug-likeness (QED) is 0.764. The third-order valence-electron chi connectivity index (χ3n) is 1.78. The van der Waals surface area contributed by atoms with Gasteiger partial charge in [-0.15, -0.1) is 0 Å². The lowest BCUT2D eigenvalue weighted by Crippen LogP contribution is -1.77. The van der Waals surface area contributed by atoms with Crippen molar-refractivity contribution in [1.82, 2.24) is 4.98 Å². The maximum Gasteiger partial charge on any atom is 0.0209 e. The van der Waals surface area contributed by atoms with Crippen LogP contribution in [0.5, 0.6) is 0 Å². The van der Waals surface area contributed by atoms with E-state index in [9.17, 15) is 0 Å². The largest absolute Gasteiger partial charge is 0.367 e. The summed E-state index contributed by atoms with van der Waals surface area (Å²) in [5, 5.41) is 0. The van der Waals surface area contributed by atoms with Gasteiger partial charge in [-0.05, 0) is 40.3 Å². The van der Waals surface area contributed by atoms with Crippen molar-refractivity contribution in [2.75, 3.05) is 0 Å². The maximum atomic E-state index is 3.05. The fourth-order valence-corrected chi connectivity index (χ4v) is 1.89. The molecular weight excluding hydrogens is 261 g/mol. The van der Waals surface area contributed by atoms with Gasteiger partial charge in [0.15, 0.2) is 0 Å². The molecule has 1 nitrogen and oxygen atoms in total. The molecule has 0 spiro atoms. The van der Waals surface area contributed by atoms with Crippen molar-refractivity contribution in [3.63, 3.8) is 0 Å². The van der Waals surface area contributed by atoms with E-state index in [0.29, 0.717) is 0 Å². The van der Waals surface area contributed by atoms with Crippen LogP contribution in [0.4, 0.5) is 0 Å². The minimum atomic E-state index is 1.25. The maximum absolute atomic E-state index is 3.05. The third-order valence-corrected chi connectivity index (χ3v) is 2.72. The highest BCUT2D eigenvalue weighted by Crippen LogP contribution is 2.23. The van der Waals surface area contributed by atoms with E-state index in [1.165, 1.54) is 14.7 Å². The first kappa shape index (κ1) is 7.86. The second-order valence-corrected chi connectivity index (χ2v) is 3.74. The van der Waals surface area contributed by atoms with Crippen LogP contribution in [0.2, 0.25) is 0 Å². The molecule has 2 heteroatoms. The number of rotatable bonds is 1.